The number of amides is 1. The van der Waals surface area contributed by atoms with Crippen molar-refractivity contribution in [3.63, 3.8) is 0 Å². The Labute approximate surface area is 129 Å². The van der Waals surface area contributed by atoms with Crippen LogP contribution in [-0.4, -0.2) is 47.3 Å². The summed E-state index contributed by atoms with van der Waals surface area (Å²) in [4.78, 5) is 23.8. The number of hydrogen-bond donors (Lipinski definition) is 3. The molecule has 1 fully saturated rings. The maximum Gasteiger partial charge on any atom is 0.510 e. The monoisotopic (exact) mass is 335 g/mol. The molecule has 1 aromatic heterocycles. The predicted molar refractivity (Wildman–Crippen MR) is 74.3 cm³/mol. The number of thiophene rings is 1. The Morgan fingerprint density at radius 3 is 2.48 bits per heavy atom. The molecule has 1 amide bonds. The number of carbonyl (C=O) groups excluding carboxylic acids is 2. The molecule has 0 saturated heterocycles. The molecular formula is C12H14ClNO6S. The number of aliphatic hydroxyl groups excluding tert-OH is 2. The van der Waals surface area contributed by atoms with E-state index in [0.29, 0.717) is 9.21 Å². The van der Waals surface area contributed by atoms with Gasteiger partial charge in [0, 0.05) is 12.8 Å². The predicted octanol–water partition coefficient (Wildman–Crippen LogP) is 1.13. The molecule has 9 heteroatoms. The van der Waals surface area contributed by atoms with Crippen LogP contribution in [0.3, 0.4) is 0 Å². The number of ether oxygens (including phenoxy) is 2. The highest BCUT2D eigenvalue weighted by Gasteiger charge is 2.49. The molecule has 0 radical (unpaired) electrons. The van der Waals surface area contributed by atoms with E-state index in [0.717, 1.165) is 18.4 Å². The maximum atomic E-state index is 12.1. The molecule has 0 aromatic carbocycles. The summed E-state index contributed by atoms with van der Waals surface area (Å²) >= 11 is 6.82. The fourth-order valence-corrected chi connectivity index (χ4v) is 3.09. The second kappa shape index (κ2) is 6.18. The number of nitrogens with one attached hydrogen (secondary N) is 1. The molecule has 116 valence electrons. The summed E-state index contributed by atoms with van der Waals surface area (Å²) in [7, 11) is 1.12. The minimum atomic E-state index is -1.51. The normalized spacial score (nSPS) is 28.2. The summed E-state index contributed by atoms with van der Waals surface area (Å²) in [6.07, 6.45) is -3.49. The van der Waals surface area contributed by atoms with Crippen LogP contribution < -0.4 is 5.32 Å². The van der Waals surface area contributed by atoms with Crippen LogP contribution in [-0.2, 0) is 9.47 Å². The smallest absolute Gasteiger partial charge is 0.438 e. The van der Waals surface area contributed by atoms with E-state index in [4.69, 9.17) is 16.3 Å². The van der Waals surface area contributed by atoms with Crippen LogP contribution in [0, 0.1) is 0 Å². The zero-order valence-electron chi connectivity index (χ0n) is 11.0. The summed E-state index contributed by atoms with van der Waals surface area (Å²) in [5, 5.41) is 21.8. The molecule has 2 atom stereocenters. The van der Waals surface area contributed by atoms with Crippen molar-refractivity contribution in [2.75, 3.05) is 7.11 Å². The Hall–Kier alpha value is -1.35. The van der Waals surface area contributed by atoms with Crippen molar-refractivity contribution in [1.29, 1.82) is 0 Å². The Bertz CT molecular complexity index is 538. The van der Waals surface area contributed by atoms with Crippen molar-refractivity contribution in [2.45, 2.75) is 30.8 Å². The number of carbonyl (C=O) groups is 2. The molecule has 1 saturated carbocycles. The average Bonchev–Trinajstić information content (AvgIpc) is 2.94. The molecule has 2 rings (SSSR count). The highest BCUT2D eigenvalue weighted by Crippen LogP contribution is 2.33. The molecule has 21 heavy (non-hydrogen) atoms. The van der Waals surface area contributed by atoms with Gasteiger partial charge in [-0.25, -0.2) is 4.79 Å². The van der Waals surface area contributed by atoms with Crippen molar-refractivity contribution < 1.29 is 29.3 Å². The van der Waals surface area contributed by atoms with Crippen molar-refractivity contribution in [1.82, 2.24) is 5.32 Å². The molecule has 1 aliphatic rings. The van der Waals surface area contributed by atoms with Gasteiger partial charge in [-0.3, -0.25) is 4.79 Å². The minimum absolute atomic E-state index is 0.131. The van der Waals surface area contributed by atoms with E-state index in [1.54, 1.807) is 6.07 Å². The van der Waals surface area contributed by atoms with Crippen LogP contribution in [0.1, 0.15) is 22.5 Å². The number of methoxy groups -OCH3 is 1. The van der Waals surface area contributed by atoms with Gasteiger partial charge >= 0.3 is 6.16 Å². The van der Waals surface area contributed by atoms with E-state index in [9.17, 15) is 19.8 Å². The zero-order valence-corrected chi connectivity index (χ0v) is 12.6. The summed E-state index contributed by atoms with van der Waals surface area (Å²) < 4.78 is 9.89. The Balaban J connectivity index is 2.16. The first-order valence-electron chi connectivity index (χ1n) is 6.06. The van der Waals surface area contributed by atoms with E-state index < -0.39 is 30.0 Å². The lowest BCUT2D eigenvalue weighted by molar-refractivity contribution is -0.0467. The summed E-state index contributed by atoms with van der Waals surface area (Å²) in [6, 6.07) is 3.09. The van der Waals surface area contributed by atoms with Gasteiger partial charge in [0.05, 0.1) is 28.5 Å². The van der Waals surface area contributed by atoms with Crippen molar-refractivity contribution in [3.8, 4) is 0 Å². The largest absolute Gasteiger partial charge is 0.510 e. The van der Waals surface area contributed by atoms with Crippen LogP contribution in [0.25, 0.3) is 0 Å². The van der Waals surface area contributed by atoms with Crippen LogP contribution >= 0.6 is 22.9 Å². The number of halogens is 1. The minimum Gasteiger partial charge on any atom is -0.438 e. The zero-order chi connectivity index (χ0) is 15.6. The second-order valence-corrected chi connectivity index (χ2v) is 6.37. The van der Waals surface area contributed by atoms with Crippen LogP contribution in [0.2, 0.25) is 4.34 Å². The lowest BCUT2D eigenvalue weighted by Gasteiger charge is -2.28. The number of aliphatic hydroxyl groups is 2. The van der Waals surface area contributed by atoms with Gasteiger partial charge in [0.25, 0.3) is 5.91 Å². The quantitative estimate of drug-likeness (QED) is 0.565. The van der Waals surface area contributed by atoms with Gasteiger partial charge in [-0.2, -0.15) is 0 Å². The van der Waals surface area contributed by atoms with E-state index in [-0.39, 0.29) is 12.8 Å². The summed E-state index contributed by atoms with van der Waals surface area (Å²) in [5.74, 6) is -0.517. The van der Waals surface area contributed by atoms with Gasteiger partial charge < -0.3 is 25.0 Å². The van der Waals surface area contributed by atoms with Gasteiger partial charge in [-0.05, 0) is 12.1 Å². The third-order valence-electron chi connectivity index (χ3n) is 3.11. The van der Waals surface area contributed by atoms with Crippen LogP contribution in [0.4, 0.5) is 4.79 Å². The molecule has 0 aliphatic heterocycles. The molecule has 2 unspecified atom stereocenters. The summed E-state index contributed by atoms with van der Waals surface area (Å²) in [6.45, 7) is 0. The molecule has 0 bridgehead atoms. The molecule has 1 heterocycles. The van der Waals surface area contributed by atoms with Gasteiger partial charge in [0.2, 0.25) is 0 Å². The lowest BCUT2D eigenvalue weighted by Crippen LogP contribution is -2.50. The Morgan fingerprint density at radius 1 is 1.38 bits per heavy atom. The summed E-state index contributed by atoms with van der Waals surface area (Å²) in [5.41, 5.74) is -1.51. The maximum absolute atomic E-state index is 12.1. The number of hydrogen-bond acceptors (Lipinski definition) is 7. The molecule has 0 spiro atoms. The number of rotatable bonds is 3. The van der Waals surface area contributed by atoms with Crippen molar-refractivity contribution in [2.24, 2.45) is 0 Å². The van der Waals surface area contributed by atoms with E-state index in [1.165, 1.54) is 6.07 Å². The molecule has 7 nitrogen and oxygen atoms in total. The SMILES string of the molecule is COC(=O)OC1(NC(=O)c2ccc(Cl)s2)CC(O)C(O)C1. The van der Waals surface area contributed by atoms with E-state index >= 15 is 0 Å². The highest BCUT2D eigenvalue weighted by molar-refractivity contribution is 7.18. The standard InChI is InChI=1S/C12H14ClNO6S/c1-19-11(18)20-12(4-6(15)7(16)5-12)14-10(17)8-2-3-9(13)21-8/h2-3,6-7,15-16H,4-5H2,1H3,(H,14,17). The van der Waals surface area contributed by atoms with Gasteiger partial charge in [0.15, 0.2) is 5.72 Å². The first-order chi connectivity index (χ1) is 9.85. The third-order valence-corrected chi connectivity index (χ3v) is 4.34. The first kappa shape index (κ1) is 16.0. The first-order valence-corrected chi connectivity index (χ1v) is 7.25. The Kier molecular flexibility index (Phi) is 4.72. The van der Waals surface area contributed by atoms with Gasteiger partial charge in [-0.1, -0.05) is 11.6 Å². The third kappa shape index (κ3) is 3.65. The van der Waals surface area contributed by atoms with E-state index in [1.807, 2.05) is 0 Å². The lowest BCUT2D eigenvalue weighted by atomic mass is 10.1. The Morgan fingerprint density at radius 2 is 2.00 bits per heavy atom. The molecule has 1 aliphatic carbocycles. The van der Waals surface area contributed by atoms with E-state index in [2.05, 4.69) is 10.1 Å². The van der Waals surface area contributed by atoms with Crippen molar-refractivity contribution in [3.05, 3.63) is 21.3 Å². The topological polar surface area (TPSA) is 105 Å². The van der Waals surface area contributed by atoms with Crippen LogP contribution in [0.5, 0.6) is 0 Å². The highest BCUT2D eigenvalue weighted by atomic mass is 35.5. The fraction of sp³-hybridized carbons (Fsp3) is 0.500. The van der Waals surface area contributed by atoms with Gasteiger partial charge in [-0.15, -0.1) is 11.3 Å². The molecular weight excluding hydrogens is 322 g/mol. The van der Waals surface area contributed by atoms with Gasteiger partial charge in [0.1, 0.15) is 0 Å². The van der Waals surface area contributed by atoms with Crippen LogP contribution in [0.15, 0.2) is 12.1 Å². The molecule has 1 aromatic rings. The fourth-order valence-electron chi connectivity index (χ4n) is 2.15. The second-order valence-electron chi connectivity index (χ2n) is 4.65. The van der Waals surface area contributed by atoms with Crippen molar-refractivity contribution >= 4 is 35.0 Å². The average molecular weight is 336 g/mol. The molecule has 3 N–H and O–H groups in total.